The van der Waals surface area contributed by atoms with Gasteiger partial charge < -0.3 is 0 Å². The highest BCUT2D eigenvalue weighted by atomic mass is 19.1. The largest absolute Gasteiger partial charge is 0.289 e. The molecule has 0 heterocycles. The molecule has 0 amide bonds. The highest BCUT2D eigenvalue weighted by molar-refractivity contribution is 6.08. The second kappa shape index (κ2) is 4.58. The summed E-state index contributed by atoms with van der Waals surface area (Å²) in [4.78, 5) is 12.0. The zero-order valence-corrected chi connectivity index (χ0v) is 8.85. The van der Waals surface area contributed by atoms with Crippen LogP contribution in [0.15, 0.2) is 48.5 Å². The van der Waals surface area contributed by atoms with Crippen molar-refractivity contribution in [1.82, 2.24) is 0 Å². The number of carbonyl (C=O) groups is 1. The predicted octanol–water partition coefficient (Wildman–Crippen LogP) is 2.93. The number of rotatable bonds is 2. The van der Waals surface area contributed by atoms with Gasteiger partial charge >= 0.3 is 0 Å². The fraction of sp³-hybridized carbons (Fsp3) is 0. The number of carbonyl (C=O) groups excluding carboxylic acids is 1. The summed E-state index contributed by atoms with van der Waals surface area (Å²) in [5.74, 6) is -0.559. The summed E-state index contributed by atoms with van der Waals surface area (Å²) in [5, 5.41) is 8.64. The van der Waals surface area contributed by atoms with Crippen LogP contribution in [0.1, 0.15) is 21.5 Å². The second-order valence-electron chi connectivity index (χ2n) is 3.53. The average Bonchev–Trinajstić information content (AvgIpc) is 2.39. The first-order chi connectivity index (χ1) is 8.20. The molecule has 0 atom stereocenters. The van der Waals surface area contributed by atoms with Gasteiger partial charge in [0.1, 0.15) is 5.82 Å². The van der Waals surface area contributed by atoms with Gasteiger partial charge in [0.05, 0.1) is 11.6 Å². The van der Waals surface area contributed by atoms with Gasteiger partial charge in [0, 0.05) is 11.1 Å². The summed E-state index contributed by atoms with van der Waals surface area (Å²) in [7, 11) is 0. The number of ketones is 1. The molecule has 0 saturated carbocycles. The molecular formula is C14H8FNO. The molecule has 0 aliphatic carbocycles. The van der Waals surface area contributed by atoms with Crippen molar-refractivity contribution in [3.8, 4) is 6.07 Å². The van der Waals surface area contributed by atoms with Crippen LogP contribution in [0.3, 0.4) is 0 Å². The van der Waals surface area contributed by atoms with E-state index in [1.165, 1.54) is 24.3 Å². The Hall–Kier alpha value is -2.47. The van der Waals surface area contributed by atoms with Crippen LogP contribution in [-0.2, 0) is 0 Å². The van der Waals surface area contributed by atoms with Crippen molar-refractivity contribution in [3.05, 3.63) is 71.0 Å². The van der Waals surface area contributed by atoms with Gasteiger partial charge in [-0.2, -0.15) is 5.26 Å². The second-order valence-corrected chi connectivity index (χ2v) is 3.53. The fourth-order valence-electron chi connectivity index (χ4n) is 1.46. The van der Waals surface area contributed by atoms with E-state index in [9.17, 15) is 9.18 Å². The molecule has 0 saturated heterocycles. The molecule has 2 aromatic rings. The van der Waals surface area contributed by atoms with Gasteiger partial charge in [0.15, 0.2) is 5.78 Å². The first-order valence-electron chi connectivity index (χ1n) is 5.01. The Morgan fingerprint density at radius 3 is 1.88 bits per heavy atom. The van der Waals surface area contributed by atoms with Crippen molar-refractivity contribution in [1.29, 1.82) is 5.26 Å². The third kappa shape index (κ3) is 2.37. The third-order valence-electron chi connectivity index (χ3n) is 2.38. The van der Waals surface area contributed by atoms with Crippen LogP contribution in [0.4, 0.5) is 4.39 Å². The lowest BCUT2D eigenvalue weighted by molar-refractivity contribution is 0.103. The summed E-state index contributed by atoms with van der Waals surface area (Å²) in [6, 6.07) is 13.7. The quantitative estimate of drug-likeness (QED) is 0.737. The lowest BCUT2D eigenvalue weighted by Gasteiger charge is -2.01. The van der Waals surface area contributed by atoms with Crippen molar-refractivity contribution >= 4 is 5.78 Å². The minimum atomic E-state index is -0.374. The zero-order valence-electron chi connectivity index (χ0n) is 8.85. The van der Waals surface area contributed by atoms with Gasteiger partial charge in [-0.05, 0) is 48.5 Å². The maximum Gasteiger partial charge on any atom is 0.193 e. The first-order valence-corrected chi connectivity index (χ1v) is 5.01. The molecule has 0 unspecified atom stereocenters. The van der Waals surface area contributed by atoms with Crippen LogP contribution in [0.2, 0.25) is 0 Å². The van der Waals surface area contributed by atoms with Gasteiger partial charge in [-0.3, -0.25) is 4.79 Å². The SMILES string of the molecule is N#Cc1ccc(C(=O)c2ccc(F)cc2)cc1. The Morgan fingerprint density at radius 1 is 0.941 bits per heavy atom. The number of nitrogens with zero attached hydrogens (tertiary/aromatic N) is 1. The summed E-state index contributed by atoms with van der Waals surface area (Å²) in [6.07, 6.45) is 0. The van der Waals surface area contributed by atoms with Gasteiger partial charge in [0.25, 0.3) is 0 Å². The number of benzene rings is 2. The number of hydrogen-bond acceptors (Lipinski definition) is 2. The molecule has 0 bridgehead atoms. The molecule has 0 spiro atoms. The monoisotopic (exact) mass is 225 g/mol. The van der Waals surface area contributed by atoms with E-state index in [1.807, 2.05) is 6.07 Å². The van der Waals surface area contributed by atoms with Crippen molar-refractivity contribution in [3.63, 3.8) is 0 Å². The lowest BCUT2D eigenvalue weighted by atomic mass is 10.0. The van der Waals surface area contributed by atoms with Crippen molar-refractivity contribution < 1.29 is 9.18 Å². The van der Waals surface area contributed by atoms with E-state index in [1.54, 1.807) is 24.3 Å². The van der Waals surface area contributed by atoms with Crippen LogP contribution < -0.4 is 0 Å². The molecule has 3 heteroatoms. The maximum absolute atomic E-state index is 12.7. The molecule has 0 N–H and O–H groups in total. The Balaban J connectivity index is 2.31. The summed E-state index contributed by atoms with van der Waals surface area (Å²) in [5.41, 5.74) is 1.41. The van der Waals surface area contributed by atoms with E-state index in [4.69, 9.17) is 5.26 Å². The molecular weight excluding hydrogens is 217 g/mol. The van der Waals surface area contributed by atoms with E-state index < -0.39 is 0 Å². The molecule has 2 nitrogen and oxygen atoms in total. The maximum atomic E-state index is 12.7. The summed E-state index contributed by atoms with van der Waals surface area (Å²) >= 11 is 0. The van der Waals surface area contributed by atoms with Crippen LogP contribution in [0.5, 0.6) is 0 Å². The molecule has 82 valence electrons. The van der Waals surface area contributed by atoms with Gasteiger partial charge in [0.2, 0.25) is 0 Å². The highest BCUT2D eigenvalue weighted by Crippen LogP contribution is 2.11. The van der Waals surface area contributed by atoms with E-state index in [0.29, 0.717) is 16.7 Å². The van der Waals surface area contributed by atoms with Crippen LogP contribution >= 0.6 is 0 Å². The van der Waals surface area contributed by atoms with E-state index in [-0.39, 0.29) is 11.6 Å². The topological polar surface area (TPSA) is 40.9 Å². The standard InChI is InChI=1S/C14H8FNO/c15-13-7-5-12(6-8-13)14(17)11-3-1-10(9-16)2-4-11/h1-8H. The molecule has 0 fully saturated rings. The fourth-order valence-corrected chi connectivity index (χ4v) is 1.46. The molecule has 0 radical (unpaired) electrons. The number of hydrogen-bond donors (Lipinski definition) is 0. The molecule has 0 aliphatic rings. The first kappa shape index (κ1) is 11.0. The predicted molar refractivity (Wildman–Crippen MR) is 61.0 cm³/mol. The number of nitriles is 1. The summed E-state index contributed by atoms with van der Waals surface area (Å²) < 4.78 is 12.7. The molecule has 2 rings (SSSR count). The van der Waals surface area contributed by atoms with Crippen LogP contribution in [-0.4, -0.2) is 5.78 Å². The molecule has 2 aromatic carbocycles. The van der Waals surface area contributed by atoms with E-state index in [0.717, 1.165) is 0 Å². The molecule has 17 heavy (non-hydrogen) atoms. The van der Waals surface area contributed by atoms with Crippen LogP contribution in [0, 0.1) is 17.1 Å². The average molecular weight is 225 g/mol. The van der Waals surface area contributed by atoms with Crippen molar-refractivity contribution in [2.75, 3.05) is 0 Å². The van der Waals surface area contributed by atoms with Gasteiger partial charge in [-0.1, -0.05) is 0 Å². The zero-order chi connectivity index (χ0) is 12.3. The molecule has 0 aliphatic heterocycles. The third-order valence-corrected chi connectivity index (χ3v) is 2.38. The lowest BCUT2D eigenvalue weighted by Crippen LogP contribution is -2.01. The summed E-state index contributed by atoms with van der Waals surface area (Å²) in [6.45, 7) is 0. The van der Waals surface area contributed by atoms with E-state index in [2.05, 4.69) is 0 Å². The van der Waals surface area contributed by atoms with Gasteiger partial charge in [-0.15, -0.1) is 0 Å². The Labute approximate surface area is 97.9 Å². The van der Waals surface area contributed by atoms with Crippen molar-refractivity contribution in [2.45, 2.75) is 0 Å². The smallest absolute Gasteiger partial charge is 0.193 e. The normalized spacial score (nSPS) is 9.65. The van der Waals surface area contributed by atoms with Gasteiger partial charge in [-0.25, -0.2) is 4.39 Å². The Morgan fingerprint density at radius 2 is 1.41 bits per heavy atom. The molecule has 0 aromatic heterocycles. The van der Waals surface area contributed by atoms with Crippen LogP contribution in [0.25, 0.3) is 0 Å². The van der Waals surface area contributed by atoms with Crippen molar-refractivity contribution in [2.24, 2.45) is 0 Å². The Bertz CT molecular complexity index is 579. The van der Waals surface area contributed by atoms with E-state index >= 15 is 0 Å². The minimum absolute atomic E-state index is 0.186. The Kier molecular flexibility index (Phi) is 2.97. The minimum Gasteiger partial charge on any atom is -0.289 e. The number of halogens is 1. The highest BCUT2D eigenvalue weighted by Gasteiger charge is 2.08.